The molecule has 1 aliphatic heterocycles. The Kier molecular flexibility index (Phi) is 6.12. The van der Waals surface area contributed by atoms with E-state index in [4.69, 9.17) is 0 Å². The molecule has 1 saturated heterocycles. The van der Waals surface area contributed by atoms with Gasteiger partial charge in [-0.1, -0.05) is 38.7 Å². The van der Waals surface area contributed by atoms with Crippen molar-refractivity contribution in [3.63, 3.8) is 0 Å². The zero-order chi connectivity index (χ0) is 18.4. The van der Waals surface area contributed by atoms with Gasteiger partial charge in [-0.3, -0.25) is 14.5 Å². The number of anilines is 1. The van der Waals surface area contributed by atoms with Crippen molar-refractivity contribution in [3.8, 4) is 0 Å². The topological polar surface area (TPSA) is 78.5 Å². The Labute approximate surface area is 146 Å². The van der Waals surface area contributed by atoms with Crippen LogP contribution in [0.3, 0.4) is 0 Å². The van der Waals surface area contributed by atoms with Gasteiger partial charge in [0.05, 0.1) is 0 Å². The average molecular weight is 349 g/mol. The van der Waals surface area contributed by atoms with Crippen LogP contribution in [0.25, 0.3) is 0 Å². The normalized spacial score (nSPS) is 19.9. The van der Waals surface area contributed by atoms with Crippen LogP contribution in [0.1, 0.15) is 46.0 Å². The Morgan fingerprint density at radius 2 is 2.04 bits per heavy atom. The molecule has 0 radical (unpaired) electrons. The second kappa shape index (κ2) is 8.09. The molecule has 4 amide bonds. The Morgan fingerprint density at radius 1 is 1.28 bits per heavy atom. The summed E-state index contributed by atoms with van der Waals surface area (Å²) in [5.74, 6) is -1.43. The number of nitrogens with zero attached hydrogens (tertiary/aromatic N) is 1. The van der Waals surface area contributed by atoms with Gasteiger partial charge in [-0.15, -0.1) is 0 Å². The molecule has 2 N–H and O–H groups in total. The number of hydrogen-bond donors (Lipinski definition) is 2. The van der Waals surface area contributed by atoms with E-state index in [2.05, 4.69) is 17.6 Å². The van der Waals surface area contributed by atoms with E-state index in [1.54, 1.807) is 6.92 Å². The van der Waals surface area contributed by atoms with Crippen LogP contribution in [0.2, 0.25) is 0 Å². The molecule has 1 aliphatic rings. The quantitative estimate of drug-likeness (QED) is 0.559. The van der Waals surface area contributed by atoms with E-state index in [0.717, 1.165) is 30.6 Å². The first-order chi connectivity index (χ1) is 11.9. The first-order valence-electron chi connectivity index (χ1n) is 8.55. The number of nitrogens with one attached hydrogen (secondary N) is 2. The molecule has 1 heterocycles. The standard InChI is InChI=1S/C18H24FN3O3/c1-3-4-5-6-10-18(2)16(24)22(17(25)21-18)12-15(23)20-14-9-7-8-13(19)11-14/h7-9,11H,3-6,10,12H2,1-2H3,(H,20,23)(H,21,25)/t18-/m1/s1. The zero-order valence-electron chi connectivity index (χ0n) is 14.6. The van der Waals surface area contributed by atoms with Crippen LogP contribution < -0.4 is 10.6 Å². The van der Waals surface area contributed by atoms with Gasteiger partial charge < -0.3 is 10.6 Å². The van der Waals surface area contributed by atoms with Gasteiger partial charge in [-0.2, -0.15) is 0 Å². The lowest BCUT2D eigenvalue weighted by molar-refractivity contribution is -0.133. The van der Waals surface area contributed by atoms with Crippen molar-refractivity contribution in [2.75, 3.05) is 11.9 Å². The molecule has 2 rings (SSSR count). The number of urea groups is 1. The van der Waals surface area contributed by atoms with Crippen LogP contribution in [-0.4, -0.2) is 34.8 Å². The highest BCUT2D eigenvalue weighted by Crippen LogP contribution is 2.24. The van der Waals surface area contributed by atoms with Crippen LogP contribution in [0.15, 0.2) is 24.3 Å². The van der Waals surface area contributed by atoms with Crippen molar-refractivity contribution in [2.24, 2.45) is 0 Å². The molecule has 0 aromatic heterocycles. The number of carbonyl (C=O) groups excluding carboxylic acids is 3. The molecule has 1 fully saturated rings. The molecule has 1 aromatic rings. The number of halogens is 1. The number of unbranched alkanes of at least 4 members (excludes halogenated alkanes) is 3. The Balaban J connectivity index is 1.94. The summed E-state index contributed by atoms with van der Waals surface area (Å²) in [6, 6.07) is 4.85. The molecule has 7 heteroatoms. The van der Waals surface area contributed by atoms with Crippen molar-refractivity contribution in [1.82, 2.24) is 10.2 Å². The highest BCUT2D eigenvalue weighted by atomic mass is 19.1. The summed E-state index contributed by atoms with van der Waals surface area (Å²) in [4.78, 5) is 37.6. The van der Waals surface area contributed by atoms with E-state index in [9.17, 15) is 18.8 Å². The van der Waals surface area contributed by atoms with Crippen molar-refractivity contribution in [1.29, 1.82) is 0 Å². The highest BCUT2D eigenvalue weighted by molar-refractivity contribution is 6.09. The summed E-state index contributed by atoms with van der Waals surface area (Å²) in [6.07, 6.45) is 4.54. The molecule has 0 aliphatic carbocycles. The van der Waals surface area contributed by atoms with Crippen LogP contribution in [0, 0.1) is 5.82 Å². The Morgan fingerprint density at radius 3 is 2.72 bits per heavy atom. The average Bonchev–Trinajstić information content (AvgIpc) is 2.75. The van der Waals surface area contributed by atoms with Crippen molar-refractivity contribution >= 4 is 23.5 Å². The third-order valence-electron chi connectivity index (χ3n) is 4.29. The maximum Gasteiger partial charge on any atom is 0.325 e. The maximum atomic E-state index is 13.1. The predicted molar refractivity (Wildman–Crippen MR) is 92.4 cm³/mol. The second-order valence-corrected chi connectivity index (χ2v) is 6.52. The molecule has 6 nitrogen and oxygen atoms in total. The molecule has 0 unspecified atom stereocenters. The van der Waals surface area contributed by atoms with Gasteiger partial charge in [0.15, 0.2) is 0 Å². The third kappa shape index (κ3) is 4.78. The van der Waals surface area contributed by atoms with Crippen LogP contribution >= 0.6 is 0 Å². The van der Waals surface area contributed by atoms with Crippen LogP contribution in [0.5, 0.6) is 0 Å². The van der Waals surface area contributed by atoms with E-state index in [1.807, 2.05) is 0 Å². The van der Waals surface area contributed by atoms with Crippen molar-refractivity contribution in [2.45, 2.75) is 51.5 Å². The van der Waals surface area contributed by atoms with E-state index in [1.165, 1.54) is 24.3 Å². The summed E-state index contributed by atoms with van der Waals surface area (Å²) < 4.78 is 13.1. The van der Waals surface area contributed by atoms with Gasteiger partial charge in [-0.05, 0) is 31.5 Å². The predicted octanol–water partition coefficient (Wildman–Crippen LogP) is 3.05. The Bertz CT molecular complexity index is 665. The number of imide groups is 1. The lowest BCUT2D eigenvalue weighted by Gasteiger charge is -2.21. The van der Waals surface area contributed by atoms with E-state index >= 15 is 0 Å². The summed E-state index contributed by atoms with van der Waals surface area (Å²) in [5.41, 5.74) is -0.691. The SMILES string of the molecule is CCCCCC[C@@]1(C)NC(=O)N(CC(=O)Nc2cccc(F)c2)C1=O. The zero-order valence-corrected chi connectivity index (χ0v) is 14.6. The maximum absolute atomic E-state index is 13.1. The van der Waals surface area contributed by atoms with Gasteiger partial charge in [-0.25, -0.2) is 9.18 Å². The molecule has 0 bridgehead atoms. The fraction of sp³-hybridized carbons (Fsp3) is 0.500. The van der Waals surface area contributed by atoms with E-state index in [0.29, 0.717) is 6.42 Å². The minimum absolute atomic E-state index is 0.277. The lowest BCUT2D eigenvalue weighted by Crippen LogP contribution is -2.44. The molecule has 1 atom stereocenters. The van der Waals surface area contributed by atoms with Gasteiger partial charge in [0.25, 0.3) is 5.91 Å². The smallest absolute Gasteiger partial charge is 0.324 e. The highest BCUT2D eigenvalue weighted by Gasteiger charge is 2.47. The van der Waals surface area contributed by atoms with Gasteiger partial charge in [0, 0.05) is 5.69 Å². The molecular formula is C18H24FN3O3. The van der Waals surface area contributed by atoms with E-state index < -0.39 is 35.7 Å². The summed E-state index contributed by atoms with van der Waals surface area (Å²) in [6.45, 7) is 3.39. The molecule has 136 valence electrons. The van der Waals surface area contributed by atoms with Crippen molar-refractivity contribution < 1.29 is 18.8 Å². The minimum Gasteiger partial charge on any atom is -0.324 e. The molecule has 1 aromatic carbocycles. The number of benzene rings is 1. The summed E-state index contributed by atoms with van der Waals surface area (Å²) in [7, 11) is 0. The van der Waals surface area contributed by atoms with Crippen molar-refractivity contribution in [3.05, 3.63) is 30.1 Å². The number of hydrogen-bond acceptors (Lipinski definition) is 3. The first-order valence-corrected chi connectivity index (χ1v) is 8.55. The molecule has 25 heavy (non-hydrogen) atoms. The molecule has 0 spiro atoms. The summed E-state index contributed by atoms with van der Waals surface area (Å²) in [5, 5.41) is 5.17. The Hall–Kier alpha value is -2.44. The molecule has 0 saturated carbocycles. The number of amides is 4. The van der Waals surface area contributed by atoms with E-state index in [-0.39, 0.29) is 5.69 Å². The monoisotopic (exact) mass is 349 g/mol. The second-order valence-electron chi connectivity index (χ2n) is 6.52. The largest absolute Gasteiger partial charge is 0.325 e. The molecular weight excluding hydrogens is 325 g/mol. The first kappa shape index (κ1) is 18.9. The van der Waals surface area contributed by atoms with Gasteiger partial charge >= 0.3 is 6.03 Å². The number of carbonyl (C=O) groups is 3. The lowest BCUT2D eigenvalue weighted by atomic mass is 9.94. The fourth-order valence-electron chi connectivity index (χ4n) is 2.88. The van der Waals surface area contributed by atoms with Crippen LogP contribution in [0.4, 0.5) is 14.9 Å². The fourth-order valence-corrected chi connectivity index (χ4v) is 2.88. The third-order valence-corrected chi connectivity index (χ3v) is 4.29. The summed E-state index contributed by atoms with van der Waals surface area (Å²) >= 11 is 0. The van der Waals surface area contributed by atoms with Gasteiger partial charge in [0.1, 0.15) is 17.9 Å². The van der Waals surface area contributed by atoms with Gasteiger partial charge in [0.2, 0.25) is 5.91 Å². The number of rotatable bonds is 8. The van der Waals surface area contributed by atoms with Crippen LogP contribution in [-0.2, 0) is 9.59 Å². The minimum atomic E-state index is -0.968.